The summed E-state index contributed by atoms with van der Waals surface area (Å²) in [7, 11) is 2.23. The van der Waals surface area contributed by atoms with Gasteiger partial charge in [-0.2, -0.15) is 0 Å². The third-order valence-corrected chi connectivity index (χ3v) is 3.81. The van der Waals surface area contributed by atoms with Crippen LogP contribution >= 0.6 is 0 Å². The van der Waals surface area contributed by atoms with Gasteiger partial charge < -0.3 is 15.5 Å². The van der Waals surface area contributed by atoms with Gasteiger partial charge in [0.2, 0.25) is 0 Å². The molecule has 0 saturated carbocycles. The van der Waals surface area contributed by atoms with Crippen LogP contribution in [0.25, 0.3) is 0 Å². The molecule has 2 aliphatic rings. The Labute approximate surface area is 93.6 Å². The van der Waals surface area contributed by atoms with Crippen molar-refractivity contribution in [3.63, 3.8) is 0 Å². The highest BCUT2D eigenvalue weighted by atomic mass is 15.1. The molecule has 0 aromatic carbocycles. The molecule has 0 aliphatic carbocycles. The Balaban J connectivity index is 1.54. The average molecular weight is 211 g/mol. The normalized spacial score (nSPS) is 29.8. The lowest BCUT2D eigenvalue weighted by Gasteiger charge is -2.23. The fourth-order valence-electron chi connectivity index (χ4n) is 2.77. The summed E-state index contributed by atoms with van der Waals surface area (Å²) in [6.45, 7) is 7.49. The van der Waals surface area contributed by atoms with Gasteiger partial charge in [-0.3, -0.25) is 0 Å². The Morgan fingerprint density at radius 2 is 1.87 bits per heavy atom. The van der Waals surface area contributed by atoms with Crippen LogP contribution in [0.2, 0.25) is 0 Å². The van der Waals surface area contributed by atoms with Crippen molar-refractivity contribution in [2.24, 2.45) is 11.8 Å². The summed E-state index contributed by atoms with van der Waals surface area (Å²) >= 11 is 0. The monoisotopic (exact) mass is 211 g/mol. The summed E-state index contributed by atoms with van der Waals surface area (Å²) in [6, 6.07) is 0. The maximum Gasteiger partial charge on any atom is 0.00192 e. The van der Waals surface area contributed by atoms with Crippen molar-refractivity contribution in [2.45, 2.75) is 19.3 Å². The molecular formula is C12H25N3. The van der Waals surface area contributed by atoms with Gasteiger partial charge in [0, 0.05) is 6.54 Å². The quantitative estimate of drug-likeness (QED) is 0.710. The van der Waals surface area contributed by atoms with Crippen molar-refractivity contribution in [2.75, 3.05) is 46.3 Å². The summed E-state index contributed by atoms with van der Waals surface area (Å²) in [5.74, 6) is 1.82. The van der Waals surface area contributed by atoms with Crippen LogP contribution in [0.5, 0.6) is 0 Å². The van der Waals surface area contributed by atoms with Gasteiger partial charge in [0.05, 0.1) is 0 Å². The molecule has 2 heterocycles. The van der Waals surface area contributed by atoms with Crippen LogP contribution in [0.3, 0.4) is 0 Å². The topological polar surface area (TPSA) is 27.3 Å². The number of hydrogen-bond donors (Lipinski definition) is 2. The summed E-state index contributed by atoms with van der Waals surface area (Å²) in [5, 5.41) is 7.08. The van der Waals surface area contributed by atoms with E-state index in [-0.39, 0.29) is 0 Å². The molecule has 3 heteroatoms. The first-order valence-corrected chi connectivity index (χ1v) is 6.44. The molecule has 2 N–H and O–H groups in total. The number of likely N-dealkylation sites (tertiary alicyclic amines) is 1. The predicted octanol–water partition coefficient (Wildman–Crippen LogP) is 0.527. The molecule has 2 aliphatic heterocycles. The van der Waals surface area contributed by atoms with Crippen molar-refractivity contribution in [3.05, 3.63) is 0 Å². The zero-order valence-corrected chi connectivity index (χ0v) is 9.97. The smallest absolute Gasteiger partial charge is 0.00192 e. The highest BCUT2D eigenvalue weighted by Crippen LogP contribution is 2.14. The minimum atomic E-state index is 0.900. The first-order chi connectivity index (χ1) is 7.34. The molecule has 0 radical (unpaired) electrons. The average Bonchev–Trinajstić information content (AvgIpc) is 2.66. The highest BCUT2D eigenvalue weighted by molar-refractivity contribution is 4.76. The van der Waals surface area contributed by atoms with Crippen LogP contribution in [-0.2, 0) is 0 Å². The fraction of sp³-hybridized carbons (Fsp3) is 1.00. The summed E-state index contributed by atoms with van der Waals surface area (Å²) < 4.78 is 0. The molecule has 0 spiro atoms. The second-order valence-corrected chi connectivity index (χ2v) is 5.27. The predicted molar refractivity (Wildman–Crippen MR) is 64.1 cm³/mol. The van der Waals surface area contributed by atoms with Gasteiger partial charge in [-0.1, -0.05) is 0 Å². The molecule has 2 rings (SSSR count). The molecule has 3 nitrogen and oxygen atoms in total. The zero-order chi connectivity index (χ0) is 10.5. The van der Waals surface area contributed by atoms with Crippen LogP contribution in [0.15, 0.2) is 0 Å². The van der Waals surface area contributed by atoms with Crippen molar-refractivity contribution >= 4 is 0 Å². The van der Waals surface area contributed by atoms with Crippen molar-refractivity contribution in [1.29, 1.82) is 0 Å². The van der Waals surface area contributed by atoms with E-state index >= 15 is 0 Å². The Morgan fingerprint density at radius 1 is 1.13 bits per heavy atom. The molecular weight excluding hydrogens is 186 g/mol. The number of nitrogens with zero attached hydrogens (tertiary/aromatic N) is 1. The fourth-order valence-corrected chi connectivity index (χ4v) is 2.77. The van der Waals surface area contributed by atoms with E-state index in [4.69, 9.17) is 0 Å². The summed E-state index contributed by atoms with van der Waals surface area (Å²) in [6.07, 6.45) is 4.10. The van der Waals surface area contributed by atoms with Gasteiger partial charge >= 0.3 is 0 Å². The maximum atomic E-state index is 3.66. The van der Waals surface area contributed by atoms with Crippen LogP contribution < -0.4 is 10.6 Å². The van der Waals surface area contributed by atoms with Gasteiger partial charge in [-0.05, 0) is 70.9 Å². The second kappa shape index (κ2) is 5.83. The van der Waals surface area contributed by atoms with E-state index in [9.17, 15) is 0 Å². The van der Waals surface area contributed by atoms with E-state index in [0.29, 0.717) is 0 Å². The molecule has 0 aromatic rings. The first kappa shape index (κ1) is 11.4. The number of rotatable bonds is 4. The van der Waals surface area contributed by atoms with E-state index in [1.807, 2.05) is 0 Å². The molecule has 0 aromatic heterocycles. The van der Waals surface area contributed by atoms with Gasteiger partial charge in [-0.15, -0.1) is 0 Å². The van der Waals surface area contributed by atoms with Gasteiger partial charge in [0.1, 0.15) is 0 Å². The van der Waals surface area contributed by atoms with Crippen LogP contribution in [0.4, 0.5) is 0 Å². The van der Waals surface area contributed by atoms with E-state index in [0.717, 1.165) is 11.8 Å². The molecule has 15 heavy (non-hydrogen) atoms. The third kappa shape index (κ3) is 3.74. The Kier molecular flexibility index (Phi) is 4.42. The van der Waals surface area contributed by atoms with Crippen LogP contribution in [0.1, 0.15) is 19.3 Å². The molecule has 1 unspecified atom stereocenters. The number of nitrogens with one attached hydrogen (secondary N) is 2. The van der Waals surface area contributed by atoms with Gasteiger partial charge in [0.25, 0.3) is 0 Å². The Hall–Kier alpha value is -0.120. The minimum absolute atomic E-state index is 0.900. The minimum Gasteiger partial charge on any atom is -0.317 e. The van der Waals surface area contributed by atoms with E-state index in [1.54, 1.807) is 0 Å². The lowest BCUT2D eigenvalue weighted by Crippen LogP contribution is -2.35. The van der Waals surface area contributed by atoms with Crippen molar-refractivity contribution < 1.29 is 0 Å². The standard InChI is InChI=1S/C12H25N3/c1-15-7-4-12(10-15)9-14-8-11-2-5-13-6-3-11/h11-14H,2-10H2,1H3. The van der Waals surface area contributed by atoms with E-state index in [2.05, 4.69) is 22.6 Å². The SMILES string of the molecule is CN1CCC(CNCC2CCNCC2)C1. The second-order valence-electron chi connectivity index (χ2n) is 5.27. The Bertz CT molecular complexity index is 173. The van der Waals surface area contributed by atoms with E-state index < -0.39 is 0 Å². The lowest BCUT2D eigenvalue weighted by molar-refractivity contribution is 0.340. The zero-order valence-electron chi connectivity index (χ0n) is 9.97. The summed E-state index contributed by atoms with van der Waals surface area (Å²) in [4.78, 5) is 2.44. The van der Waals surface area contributed by atoms with Gasteiger partial charge in [-0.25, -0.2) is 0 Å². The molecule has 2 fully saturated rings. The molecule has 0 amide bonds. The van der Waals surface area contributed by atoms with Crippen LogP contribution in [0, 0.1) is 11.8 Å². The third-order valence-electron chi connectivity index (χ3n) is 3.81. The number of piperidine rings is 1. The van der Waals surface area contributed by atoms with E-state index in [1.165, 1.54) is 58.5 Å². The molecule has 2 saturated heterocycles. The molecule has 0 bridgehead atoms. The van der Waals surface area contributed by atoms with Gasteiger partial charge in [0.15, 0.2) is 0 Å². The highest BCUT2D eigenvalue weighted by Gasteiger charge is 2.19. The number of hydrogen-bond acceptors (Lipinski definition) is 3. The molecule has 1 atom stereocenters. The summed E-state index contributed by atoms with van der Waals surface area (Å²) in [5.41, 5.74) is 0. The molecule has 88 valence electrons. The Morgan fingerprint density at radius 3 is 2.53 bits per heavy atom. The van der Waals surface area contributed by atoms with Crippen molar-refractivity contribution in [3.8, 4) is 0 Å². The maximum absolute atomic E-state index is 3.66. The largest absolute Gasteiger partial charge is 0.317 e. The first-order valence-electron chi connectivity index (χ1n) is 6.44. The lowest BCUT2D eigenvalue weighted by atomic mass is 9.98. The van der Waals surface area contributed by atoms with Crippen LogP contribution in [-0.4, -0.2) is 51.2 Å². The van der Waals surface area contributed by atoms with Crippen molar-refractivity contribution in [1.82, 2.24) is 15.5 Å².